The van der Waals surface area contributed by atoms with Crippen molar-refractivity contribution in [1.82, 2.24) is 0 Å². The number of benzene rings is 3. The number of unbranched alkanes of at least 4 members (excludes halogenated alkanes) is 2. The number of carbonyl (C=O) groups excluding carboxylic acids is 1. The summed E-state index contributed by atoms with van der Waals surface area (Å²) >= 11 is 0. The third kappa shape index (κ3) is 6.58. The van der Waals surface area contributed by atoms with Gasteiger partial charge in [-0.25, -0.2) is 8.42 Å². The number of hydrogen-bond acceptors (Lipinski definition) is 4. The van der Waals surface area contributed by atoms with Gasteiger partial charge in [-0.05, 0) is 67.1 Å². The van der Waals surface area contributed by atoms with Gasteiger partial charge in [-0.15, -0.1) is 0 Å². The van der Waals surface area contributed by atoms with E-state index < -0.39 is 10.0 Å². The molecule has 0 bridgehead atoms. The predicted octanol–water partition coefficient (Wildman–Crippen LogP) is 5.31. The maximum absolute atomic E-state index is 12.5. The molecule has 0 aliphatic carbocycles. The molecule has 0 heterocycles. The standard InChI is InChI=1S/C24H26N2O4S/c1-2-3-7-18-30-22-14-10-19(11-15-22)24(27)25-20-12-16-23(17-13-20)31(28,29)26-21-8-5-4-6-9-21/h4-6,8-17,26H,2-3,7,18H2,1H3,(H,25,27). The van der Waals surface area contributed by atoms with E-state index in [-0.39, 0.29) is 10.8 Å². The molecule has 0 saturated carbocycles. The van der Waals surface area contributed by atoms with Crippen LogP contribution in [0.5, 0.6) is 5.75 Å². The minimum atomic E-state index is -3.70. The first kappa shape index (κ1) is 22.4. The summed E-state index contributed by atoms with van der Waals surface area (Å²) in [6, 6.07) is 21.6. The molecule has 0 radical (unpaired) electrons. The van der Waals surface area contributed by atoms with Crippen LogP contribution in [0.1, 0.15) is 36.5 Å². The van der Waals surface area contributed by atoms with E-state index in [9.17, 15) is 13.2 Å². The Bertz CT molecular complexity index is 1080. The van der Waals surface area contributed by atoms with Gasteiger partial charge in [0.1, 0.15) is 5.75 Å². The molecule has 3 aromatic carbocycles. The monoisotopic (exact) mass is 438 g/mol. The first-order valence-electron chi connectivity index (χ1n) is 10.2. The number of para-hydroxylation sites is 1. The van der Waals surface area contributed by atoms with Crippen LogP contribution >= 0.6 is 0 Å². The molecular weight excluding hydrogens is 412 g/mol. The molecule has 0 atom stereocenters. The number of amides is 1. The lowest BCUT2D eigenvalue weighted by molar-refractivity contribution is 0.102. The molecule has 3 rings (SSSR count). The second kappa shape index (κ2) is 10.6. The molecular formula is C24H26N2O4S. The molecule has 7 heteroatoms. The summed E-state index contributed by atoms with van der Waals surface area (Å²) in [5, 5.41) is 2.77. The third-order valence-electron chi connectivity index (χ3n) is 4.58. The highest BCUT2D eigenvalue weighted by Gasteiger charge is 2.14. The smallest absolute Gasteiger partial charge is 0.261 e. The summed E-state index contributed by atoms with van der Waals surface area (Å²) in [6.45, 7) is 2.80. The molecule has 0 unspecified atom stereocenters. The van der Waals surface area contributed by atoms with Crippen LogP contribution in [-0.4, -0.2) is 20.9 Å². The topological polar surface area (TPSA) is 84.5 Å². The highest BCUT2D eigenvalue weighted by molar-refractivity contribution is 7.92. The average Bonchev–Trinajstić information content (AvgIpc) is 2.78. The minimum Gasteiger partial charge on any atom is -0.494 e. The summed E-state index contributed by atoms with van der Waals surface area (Å²) in [7, 11) is -3.70. The molecule has 0 fully saturated rings. The van der Waals surface area contributed by atoms with E-state index in [1.165, 1.54) is 12.1 Å². The molecule has 31 heavy (non-hydrogen) atoms. The molecule has 0 aromatic heterocycles. The predicted molar refractivity (Wildman–Crippen MR) is 123 cm³/mol. The maximum Gasteiger partial charge on any atom is 0.261 e. The molecule has 1 amide bonds. The van der Waals surface area contributed by atoms with Crippen molar-refractivity contribution in [3.63, 3.8) is 0 Å². The average molecular weight is 439 g/mol. The summed E-state index contributed by atoms with van der Waals surface area (Å²) in [5.74, 6) is 0.448. The molecule has 6 nitrogen and oxygen atoms in total. The van der Waals surface area contributed by atoms with E-state index in [1.807, 2.05) is 6.07 Å². The van der Waals surface area contributed by atoms with Gasteiger partial charge in [0, 0.05) is 16.9 Å². The Kier molecular flexibility index (Phi) is 7.67. The Balaban J connectivity index is 1.58. The van der Waals surface area contributed by atoms with Crippen LogP contribution in [0.4, 0.5) is 11.4 Å². The summed E-state index contributed by atoms with van der Waals surface area (Å²) in [5.41, 5.74) is 1.48. The maximum atomic E-state index is 12.5. The van der Waals surface area contributed by atoms with Crippen LogP contribution in [0.15, 0.2) is 83.8 Å². The van der Waals surface area contributed by atoms with Gasteiger partial charge in [0.2, 0.25) is 0 Å². The van der Waals surface area contributed by atoms with Crippen LogP contribution in [0.25, 0.3) is 0 Å². The van der Waals surface area contributed by atoms with Gasteiger partial charge in [-0.3, -0.25) is 9.52 Å². The fourth-order valence-corrected chi connectivity index (χ4v) is 3.94. The second-order valence-corrected chi connectivity index (χ2v) is 8.71. The highest BCUT2D eigenvalue weighted by atomic mass is 32.2. The van der Waals surface area contributed by atoms with Crippen molar-refractivity contribution in [2.24, 2.45) is 0 Å². The van der Waals surface area contributed by atoms with Crippen molar-refractivity contribution in [2.75, 3.05) is 16.6 Å². The van der Waals surface area contributed by atoms with Crippen molar-refractivity contribution in [1.29, 1.82) is 0 Å². The summed E-state index contributed by atoms with van der Waals surface area (Å²) in [4.78, 5) is 12.6. The Morgan fingerprint density at radius 3 is 2.16 bits per heavy atom. The highest BCUT2D eigenvalue weighted by Crippen LogP contribution is 2.19. The minimum absolute atomic E-state index is 0.110. The van der Waals surface area contributed by atoms with Gasteiger partial charge in [0.05, 0.1) is 11.5 Å². The zero-order valence-corrected chi connectivity index (χ0v) is 18.2. The van der Waals surface area contributed by atoms with E-state index in [2.05, 4.69) is 17.0 Å². The molecule has 0 aliphatic rings. The lowest BCUT2D eigenvalue weighted by Gasteiger charge is -2.10. The SMILES string of the molecule is CCCCCOc1ccc(C(=O)Nc2ccc(S(=O)(=O)Nc3ccccc3)cc2)cc1. The number of sulfonamides is 1. The number of nitrogens with one attached hydrogen (secondary N) is 2. The molecule has 0 aliphatic heterocycles. The van der Waals surface area contributed by atoms with Crippen molar-refractivity contribution >= 4 is 27.3 Å². The van der Waals surface area contributed by atoms with E-state index in [0.717, 1.165) is 25.0 Å². The molecule has 162 valence electrons. The largest absolute Gasteiger partial charge is 0.494 e. The number of rotatable bonds is 10. The van der Waals surface area contributed by atoms with E-state index in [1.54, 1.807) is 60.7 Å². The van der Waals surface area contributed by atoms with Crippen molar-refractivity contribution in [2.45, 2.75) is 31.1 Å². The second-order valence-electron chi connectivity index (χ2n) is 7.03. The van der Waals surface area contributed by atoms with E-state index >= 15 is 0 Å². The van der Waals surface area contributed by atoms with Gasteiger partial charge in [0.25, 0.3) is 15.9 Å². The Morgan fingerprint density at radius 2 is 1.52 bits per heavy atom. The first-order valence-corrected chi connectivity index (χ1v) is 11.7. The molecule has 0 saturated heterocycles. The Hall–Kier alpha value is -3.32. The number of ether oxygens (including phenoxy) is 1. The van der Waals surface area contributed by atoms with E-state index in [0.29, 0.717) is 23.5 Å². The quantitative estimate of drug-likeness (QED) is 0.420. The van der Waals surface area contributed by atoms with Gasteiger partial charge in [-0.2, -0.15) is 0 Å². The van der Waals surface area contributed by atoms with Gasteiger partial charge in [0.15, 0.2) is 0 Å². The zero-order valence-electron chi connectivity index (χ0n) is 17.4. The molecule has 2 N–H and O–H groups in total. The van der Waals surface area contributed by atoms with Gasteiger partial charge >= 0.3 is 0 Å². The Morgan fingerprint density at radius 1 is 0.839 bits per heavy atom. The normalized spacial score (nSPS) is 11.0. The van der Waals surface area contributed by atoms with Crippen LogP contribution < -0.4 is 14.8 Å². The van der Waals surface area contributed by atoms with Gasteiger partial charge in [-0.1, -0.05) is 38.0 Å². The van der Waals surface area contributed by atoms with Crippen molar-refractivity contribution in [3.8, 4) is 5.75 Å². The third-order valence-corrected chi connectivity index (χ3v) is 5.98. The molecule has 0 spiro atoms. The molecule has 3 aromatic rings. The van der Waals surface area contributed by atoms with Crippen LogP contribution in [-0.2, 0) is 10.0 Å². The number of anilines is 2. The zero-order chi connectivity index (χ0) is 22.1. The lowest BCUT2D eigenvalue weighted by Crippen LogP contribution is -2.14. The Labute approximate surface area is 183 Å². The van der Waals surface area contributed by atoms with Crippen LogP contribution in [0.3, 0.4) is 0 Å². The fourth-order valence-electron chi connectivity index (χ4n) is 2.89. The van der Waals surface area contributed by atoms with Crippen LogP contribution in [0.2, 0.25) is 0 Å². The number of hydrogen-bond donors (Lipinski definition) is 2. The fraction of sp³-hybridized carbons (Fsp3) is 0.208. The van der Waals surface area contributed by atoms with Crippen molar-refractivity contribution < 1.29 is 17.9 Å². The first-order chi connectivity index (χ1) is 15.0. The number of carbonyl (C=O) groups is 1. The lowest BCUT2D eigenvalue weighted by atomic mass is 10.2. The van der Waals surface area contributed by atoms with Crippen LogP contribution in [0, 0.1) is 0 Å². The summed E-state index contributed by atoms with van der Waals surface area (Å²) < 4.78 is 33.2. The van der Waals surface area contributed by atoms with E-state index in [4.69, 9.17) is 4.74 Å². The van der Waals surface area contributed by atoms with Gasteiger partial charge < -0.3 is 10.1 Å². The van der Waals surface area contributed by atoms with Crippen molar-refractivity contribution in [3.05, 3.63) is 84.4 Å². The summed E-state index contributed by atoms with van der Waals surface area (Å²) in [6.07, 6.45) is 3.27.